The van der Waals surface area contributed by atoms with Crippen LogP contribution in [-0.4, -0.2) is 36.6 Å². The third kappa shape index (κ3) is 3.40. The second-order valence-electron chi connectivity index (χ2n) is 7.14. The molecule has 0 spiro atoms. The van der Waals surface area contributed by atoms with Gasteiger partial charge < -0.3 is 19.7 Å². The Labute approximate surface area is 171 Å². The molecule has 148 valence electrons. The number of nitrogens with zero attached hydrogens (tertiary/aromatic N) is 2. The fourth-order valence-corrected chi connectivity index (χ4v) is 4.56. The van der Waals surface area contributed by atoms with Gasteiger partial charge in [0, 0.05) is 30.4 Å². The van der Waals surface area contributed by atoms with Crippen LogP contribution in [0.1, 0.15) is 11.4 Å². The summed E-state index contributed by atoms with van der Waals surface area (Å²) in [5.74, 6) is 0.668. The fourth-order valence-electron chi connectivity index (χ4n) is 3.69. The average Bonchev–Trinajstić information content (AvgIpc) is 3.29. The second kappa shape index (κ2) is 7.04. The van der Waals surface area contributed by atoms with Crippen molar-refractivity contribution in [1.82, 2.24) is 4.98 Å². The summed E-state index contributed by atoms with van der Waals surface area (Å²) in [6.07, 6.45) is 0.183. The maximum absolute atomic E-state index is 12.8. The third-order valence-electron chi connectivity index (χ3n) is 5.10. The Morgan fingerprint density at radius 2 is 2.00 bits per heavy atom. The van der Waals surface area contributed by atoms with Crippen LogP contribution in [-0.2, 0) is 9.59 Å². The van der Waals surface area contributed by atoms with Crippen molar-refractivity contribution in [1.29, 1.82) is 0 Å². The number of benzene rings is 2. The number of fused-ring (bicyclic) bond motifs is 2. The van der Waals surface area contributed by atoms with Gasteiger partial charge in [-0.1, -0.05) is 0 Å². The highest BCUT2D eigenvalue weighted by Crippen LogP contribution is 2.36. The van der Waals surface area contributed by atoms with Crippen LogP contribution < -0.4 is 19.7 Å². The molecule has 1 aromatic heterocycles. The number of aromatic nitrogens is 1. The predicted octanol–water partition coefficient (Wildman–Crippen LogP) is 3.37. The first kappa shape index (κ1) is 17.9. The molecule has 1 unspecified atom stereocenters. The maximum atomic E-state index is 12.8. The zero-order valence-corrected chi connectivity index (χ0v) is 16.6. The van der Waals surface area contributed by atoms with Crippen LogP contribution in [0, 0.1) is 12.8 Å². The van der Waals surface area contributed by atoms with Crippen LogP contribution in [0.5, 0.6) is 11.5 Å². The Morgan fingerprint density at radius 3 is 2.86 bits per heavy atom. The number of thiazole rings is 1. The molecule has 1 saturated heterocycles. The molecule has 8 heteroatoms. The topological polar surface area (TPSA) is 80.8 Å². The molecule has 1 N–H and O–H groups in total. The molecule has 3 aromatic rings. The number of hydrogen-bond donors (Lipinski definition) is 1. The lowest BCUT2D eigenvalue weighted by molar-refractivity contribution is -0.122. The summed E-state index contributed by atoms with van der Waals surface area (Å²) in [7, 11) is 0. The highest BCUT2D eigenvalue weighted by atomic mass is 32.1. The molecular weight excluding hydrogens is 390 g/mol. The number of hydrogen-bond acceptors (Lipinski definition) is 6. The van der Waals surface area contributed by atoms with Crippen LogP contribution in [0.4, 0.5) is 11.4 Å². The Hall–Kier alpha value is -3.13. The monoisotopic (exact) mass is 409 g/mol. The van der Waals surface area contributed by atoms with Gasteiger partial charge in [-0.25, -0.2) is 4.98 Å². The molecule has 2 aliphatic rings. The van der Waals surface area contributed by atoms with E-state index in [9.17, 15) is 9.59 Å². The summed E-state index contributed by atoms with van der Waals surface area (Å²) in [6.45, 7) is 3.30. The molecule has 2 amide bonds. The molecule has 0 aliphatic carbocycles. The largest absolute Gasteiger partial charge is 0.486 e. The van der Waals surface area contributed by atoms with Crippen LogP contribution >= 0.6 is 11.3 Å². The summed E-state index contributed by atoms with van der Waals surface area (Å²) >= 11 is 1.59. The molecule has 3 heterocycles. The van der Waals surface area contributed by atoms with E-state index in [1.807, 2.05) is 31.2 Å². The van der Waals surface area contributed by atoms with Gasteiger partial charge in [-0.05, 0) is 37.3 Å². The molecule has 0 bridgehead atoms. The number of nitrogens with one attached hydrogen (secondary N) is 1. The van der Waals surface area contributed by atoms with Gasteiger partial charge in [0.1, 0.15) is 13.2 Å². The number of aryl methyl sites for hydroxylation is 1. The number of carbonyl (C=O) groups is 2. The molecular formula is C21H19N3O4S. The first-order valence-corrected chi connectivity index (χ1v) is 10.3. The zero-order chi connectivity index (χ0) is 20.0. The van der Waals surface area contributed by atoms with Gasteiger partial charge in [0.2, 0.25) is 11.8 Å². The van der Waals surface area contributed by atoms with Crippen molar-refractivity contribution in [3.63, 3.8) is 0 Å². The summed E-state index contributed by atoms with van der Waals surface area (Å²) in [5, 5.41) is 3.93. The van der Waals surface area contributed by atoms with Gasteiger partial charge in [0.15, 0.2) is 11.5 Å². The number of amides is 2. The van der Waals surface area contributed by atoms with Crippen molar-refractivity contribution in [3.8, 4) is 11.5 Å². The van der Waals surface area contributed by atoms with E-state index in [4.69, 9.17) is 9.47 Å². The van der Waals surface area contributed by atoms with Gasteiger partial charge in [-0.3, -0.25) is 9.59 Å². The fraction of sp³-hybridized carbons (Fsp3) is 0.286. The minimum Gasteiger partial charge on any atom is -0.486 e. The number of ether oxygens (including phenoxy) is 2. The summed E-state index contributed by atoms with van der Waals surface area (Å²) in [4.78, 5) is 31.4. The molecule has 2 aromatic carbocycles. The zero-order valence-electron chi connectivity index (χ0n) is 15.8. The molecule has 2 aliphatic heterocycles. The highest BCUT2D eigenvalue weighted by Gasteiger charge is 2.35. The van der Waals surface area contributed by atoms with E-state index in [0.717, 1.165) is 26.6 Å². The molecule has 5 rings (SSSR count). The number of rotatable bonds is 3. The van der Waals surface area contributed by atoms with Crippen molar-refractivity contribution < 1.29 is 19.1 Å². The van der Waals surface area contributed by atoms with E-state index in [1.165, 1.54) is 0 Å². The Kier molecular flexibility index (Phi) is 4.35. The molecule has 7 nitrogen and oxygen atoms in total. The highest BCUT2D eigenvalue weighted by molar-refractivity contribution is 7.18. The molecule has 1 atom stereocenters. The molecule has 0 radical (unpaired) electrons. The lowest BCUT2D eigenvalue weighted by atomic mass is 10.1. The van der Waals surface area contributed by atoms with Crippen molar-refractivity contribution in [3.05, 3.63) is 41.4 Å². The molecule has 1 fully saturated rings. The second-order valence-corrected chi connectivity index (χ2v) is 8.37. The van der Waals surface area contributed by atoms with E-state index in [2.05, 4.69) is 10.3 Å². The minimum atomic E-state index is -0.408. The van der Waals surface area contributed by atoms with Gasteiger partial charge in [-0.15, -0.1) is 11.3 Å². The molecule has 0 saturated carbocycles. The lowest BCUT2D eigenvalue weighted by Crippen LogP contribution is -2.28. The van der Waals surface area contributed by atoms with Gasteiger partial charge >= 0.3 is 0 Å². The summed E-state index contributed by atoms with van der Waals surface area (Å²) in [5.41, 5.74) is 2.36. The molecule has 29 heavy (non-hydrogen) atoms. The van der Waals surface area contributed by atoms with Gasteiger partial charge in [-0.2, -0.15) is 0 Å². The van der Waals surface area contributed by atoms with E-state index in [-0.39, 0.29) is 18.2 Å². The average molecular weight is 409 g/mol. The third-order valence-corrected chi connectivity index (χ3v) is 6.03. The Balaban J connectivity index is 1.30. The van der Waals surface area contributed by atoms with Crippen LogP contribution in [0.2, 0.25) is 0 Å². The van der Waals surface area contributed by atoms with Gasteiger partial charge in [0.05, 0.1) is 21.1 Å². The minimum absolute atomic E-state index is 0.0737. The lowest BCUT2D eigenvalue weighted by Gasteiger charge is -2.22. The van der Waals surface area contributed by atoms with Gasteiger partial charge in [0.25, 0.3) is 0 Å². The summed E-state index contributed by atoms with van der Waals surface area (Å²) < 4.78 is 12.2. The Morgan fingerprint density at radius 1 is 1.17 bits per heavy atom. The SMILES string of the molecule is Cc1nc2ccc(NC(=O)C3CC(=O)N(c4ccc5c(c4)OCCO5)C3)cc2s1. The van der Waals surface area contributed by atoms with E-state index < -0.39 is 5.92 Å². The predicted molar refractivity (Wildman–Crippen MR) is 111 cm³/mol. The number of carbonyl (C=O) groups excluding carboxylic acids is 2. The van der Waals surface area contributed by atoms with Crippen molar-refractivity contribution in [2.75, 3.05) is 30.0 Å². The maximum Gasteiger partial charge on any atom is 0.229 e. The first-order chi connectivity index (χ1) is 14.1. The Bertz CT molecular complexity index is 1130. The first-order valence-electron chi connectivity index (χ1n) is 9.45. The van der Waals surface area contributed by atoms with E-state index >= 15 is 0 Å². The van der Waals surface area contributed by atoms with Crippen molar-refractivity contribution >= 4 is 44.7 Å². The smallest absolute Gasteiger partial charge is 0.229 e. The standard InChI is InChI=1S/C21H19N3O4S/c1-12-22-16-4-2-14(9-19(16)29-12)23-21(26)13-8-20(25)24(11-13)15-3-5-17-18(10-15)28-7-6-27-17/h2-5,9-10,13H,6-8,11H2,1H3,(H,23,26). The summed E-state index contributed by atoms with van der Waals surface area (Å²) in [6, 6.07) is 11.1. The number of anilines is 2. The van der Waals surface area contributed by atoms with Crippen LogP contribution in [0.25, 0.3) is 10.2 Å². The van der Waals surface area contributed by atoms with Crippen LogP contribution in [0.15, 0.2) is 36.4 Å². The van der Waals surface area contributed by atoms with E-state index in [1.54, 1.807) is 28.4 Å². The van der Waals surface area contributed by atoms with E-state index in [0.29, 0.717) is 31.3 Å². The quantitative estimate of drug-likeness (QED) is 0.717. The van der Waals surface area contributed by atoms with Crippen LogP contribution in [0.3, 0.4) is 0 Å². The van der Waals surface area contributed by atoms with Crippen molar-refractivity contribution in [2.24, 2.45) is 5.92 Å². The normalized spacial score (nSPS) is 18.3. The van der Waals surface area contributed by atoms with Crippen molar-refractivity contribution in [2.45, 2.75) is 13.3 Å².